The number of aryl methyl sites for hydroxylation is 1. The van der Waals surface area contributed by atoms with E-state index in [0.29, 0.717) is 0 Å². The quantitative estimate of drug-likeness (QED) is 0.664. The number of aromatic nitrogens is 1. The van der Waals surface area contributed by atoms with E-state index in [0.717, 1.165) is 63.9 Å². The van der Waals surface area contributed by atoms with Gasteiger partial charge in [-0.1, -0.05) is 35.5 Å². The zero-order chi connectivity index (χ0) is 18.1. The molecule has 0 N–H and O–H groups in total. The normalized spacial score (nSPS) is 15.4. The van der Waals surface area contributed by atoms with Gasteiger partial charge in [-0.3, -0.25) is 4.79 Å². The lowest BCUT2D eigenvalue weighted by atomic mass is 9.99. The second-order valence-electron chi connectivity index (χ2n) is 6.93. The van der Waals surface area contributed by atoms with Gasteiger partial charge in [0.2, 0.25) is 0 Å². The minimum Gasteiger partial charge on any atom is -0.490 e. The van der Waals surface area contributed by atoms with E-state index in [2.05, 4.69) is 18.2 Å². The van der Waals surface area contributed by atoms with Crippen LogP contribution in [0.5, 0.6) is 5.75 Å². The van der Waals surface area contributed by atoms with Gasteiger partial charge in [0.05, 0.1) is 13.2 Å². The Bertz CT molecular complexity index is 1010. The summed E-state index contributed by atoms with van der Waals surface area (Å²) in [5, 5.41) is 3.01. The minimum absolute atomic E-state index is 0.0262. The molecule has 3 aromatic rings. The van der Waals surface area contributed by atoms with Gasteiger partial charge in [0.25, 0.3) is 5.56 Å². The van der Waals surface area contributed by atoms with Gasteiger partial charge in [0.15, 0.2) is 0 Å². The molecule has 1 aromatic heterocycles. The van der Waals surface area contributed by atoms with Gasteiger partial charge in [-0.2, -0.15) is 0 Å². The van der Waals surface area contributed by atoms with Gasteiger partial charge in [-0.05, 0) is 17.5 Å². The largest absolute Gasteiger partial charge is 0.490 e. The summed E-state index contributed by atoms with van der Waals surface area (Å²) in [5.74, 6) is 0.889. The van der Waals surface area contributed by atoms with Crippen LogP contribution in [0.4, 0.5) is 0 Å². The Morgan fingerprint density at radius 2 is 1.81 bits per heavy atom. The second kappa shape index (κ2) is 7.09. The first-order valence-electron chi connectivity index (χ1n) is 9.07. The number of benzene rings is 2. The van der Waals surface area contributed by atoms with Crippen molar-refractivity contribution in [3.05, 3.63) is 59.0 Å². The molecule has 134 valence electrons. The van der Waals surface area contributed by atoms with Gasteiger partial charge in [0.1, 0.15) is 11.9 Å². The summed E-state index contributed by atoms with van der Waals surface area (Å²) in [6.45, 7) is 1.50. The maximum atomic E-state index is 12.5. The third-order valence-corrected chi connectivity index (χ3v) is 5.60. The van der Waals surface area contributed by atoms with E-state index in [9.17, 15) is 4.79 Å². The molecule has 0 radical (unpaired) electrons. The van der Waals surface area contributed by atoms with E-state index in [1.54, 1.807) is 4.57 Å². The van der Waals surface area contributed by atoms with E-state index in [1.165, 1.54) is 5.19 Å². The third kappa shape index (κ3) is 3.20. The molecular weight excluding hydrogens is 342 g/mol. The van der Waals surface area contributed by atoms with Crippen molar-refractivity contribution in [1.82, 2.24) is 4.57 Å². The van der Waals surface area contributed by atoms with Crippen LogP contribution in [0.25, 0.3) is 21.9 Å². The first-order valence-corrected chi connectivity index (χ1v) is 10.1. The predicted molar refractivity (Wildman–Crippen MR) is 109 cm³/mol. The van der Waals surface area contributed by atoms with Crippen molar-refractivity contribution in [3.8, 4) is 16.9 Å². The summed E-state index contributed by atoms with van der Waals surface area (Å²) in [4.78, 5) is 12.5. The van der Waals surface area contributed by atoms with Gasteiger partial charge < -0.3 is 14.0 Å². The molecule has 1 aliphatic rings. The summed E-state index contributed by atoms with van der Waals surface area (Å²) in [5.41, 5.74) is 2.14. The maximum absolute atomic E-state index is 12.5. The fourth-order valence-corrected chi connectivity index (χ4v) is 4.02. The molecular formula is C21H23NO3Si. The van der Waals surface area contributed by atoms with Crippen LogP contribution in [-0.4, -0.2) is 34.1 Å². The highest BCUT2D eigenvalue weighted by atomic mass is 28.1. The Hall–Kier alpha value is -2.37. The first-order chi connectivity index (χ1) is 12.6. The molecule has 1 fully saturated rings. The molecule has 2 aromatic carbocycles. The molecule has 4 nitrogen and oxygen atoms in total. The number of hydrogen-bond acceptors (Lipinski definition) is 3. The molecule has 0 atom stereocenters. The van der Waals surface area contributed by atoms with Crippen molar-refractivity contribution >= 4 is 26.2 Å². The lowest BCUT2D eigenvalue weighted by Crippen LogP contribution is -2.26. The molecule has 0 bridgehead atoms. The monoisotopic (exact) mass is 365 g/mol. The van der Waals surface area contributed by atoms with E-state index in [-0.39, 0.29) is 11.7 Å². The smallest absolute Gasteiger partial charge is 0.258 e. The Labute approximate surface area is 155 Å². The number of pyridine rings is 1. The molecule has 26 heavy (non-hydrogen) atoms. The topological polar surface area (TPSA) is 40.5 Å². The van der Waals surface area contributed by atoms with Crippen LogP contribution in [-0.2, 0) is 11.8 Å². The van der Waals surface area contributed by atoms with Crippen molar-refractivity contribution in [1.29, 1.82) is 0 Å². The highest BCUT2D eigenvalue weighted by molar-refractivity contribution is 6.32. The molecule has 5 heteroatoms. The summed E-state index contributed by atoms with van der Waals surface area (Å²) in [6, 6.07) is 14.2. The number of ether oxygens (including phenoxy) is 2. The van der Waals surface area contributed by atoms with Crippen molar-refractivity contribution in [2.45, 2.75) is 18.9 Å². The highest BCUT2D eigenvalue weighted by Gasteiger charge is 2.19. The third-order valence-electron chi connectivity index (χ3n) is 4.98. The average molecular weight is 366 g/mol. The van der Waals surface area contributed by atoms with Crippen LogP contribution in [0.3, 0.4) is 0 Å². The number of fused-ring (bicyclic) bond motifs is 1. The van der Waals surface area contributed by atoms with Crippen LogP contribution in [0.1, 0.15) is 12.8 Å². The van der Waals surface area contributed by atoms with Gasteiger partial charge in [-0.15, -0.1) is 0 Å². The predicted octanol–water partition coefficient (Wildman–Crippen LogP) is 1.75. The molecule has 0 amide bonds. The van der Waals surface area contributed by atoms with Crippen molar-refractivity contribution in [3.63, 3.8) is 0 Å². The molecule has 1 aliphatic heterocycles. The Morgan fingerprint density at radius 3 is 2.58 bits per heavy atom. The van der Waals surface area contributed by atoms with Crippen molar-refractivity contribution in [2.75, 3.05) is 13.2 Å². The summed E-state index contributed by atoms with van der Waals surface area (Å²) in [7, 11) is 2.77. The fraction of sp³-hybridized carbons (Fsp3) is 0.286. The van der Waals surface area contributed by atoms with Crippen LogP contribution in [0.2, 0.25) is 0 Å². The zero-order valence-corrected chi connectivity index (χ0v) is 17.2. The van der Waals surface area contributed by atoms with E-state index in [4.69, 9.17) is 9.47 Å². The molecule has 2 heterocycles. The van der Waals surface area contributed by atoms with E-state index in [1.807, 2.05) is 37.5 Å². The van der Waals surface area contributed by atoms with Gasteiger partial charge in [-0.25, -0.2) is 0 Å². The minimum atomic E-state index is 0.0262. The lowest BCUT2D eigenvalue weighted by molar-refractivity contribution is 0.0258. The van der Waals surface area contributed by atoms with Crippen LogP contribution >= 0.6 is 0 Å². The van der Waals surface area contributed by atoms with E-state index < -0.39 is 0 Å². The average Bonchev–Trinajstić information content (AvgIpc) is 2.67. The molecule has 4 rings (SSSR count). The molecule has 1 saturated heterocycles. The molecule has 0 aliphatic carbocycles. The Morgan fingerprint density at radius 1 is 1.08 bits per heavy atom. The van der Waals surface area contributed by atoms with Crippen molar-refractivity contribution in [2.24, 2.45) is 7.05 Å². The van der Waals surface area contributed by atoms with Gasteiger partial charge in [0, 0.05) is 52.8 Å². The second-order valence-corrected chi connectivity index (χ2v) is 8.09. The molecule has 0 spiro atoms. The molecule has 0 saturated carbocycles. The van der Waals surface area contributed by atoms with Crippen LogP contribution < -0.4 is 15.5 Å². The van der Waals surface area contributed by atoms with Crippen LogP contribution in [0, 0.1) is 0 Å². The lowest BCUT2D eigenvalue weighted by Gasteiger charge is -2.25. The van der Waals surface area contributed by atoms with Gasteiger partial charge >= 0.3 is 0 Å². The zero-order valence-electron chi connectivity index (χ0n) is 15.2. The van der Waals surface area contributed by atoms with E-state index >= 15 is 0 Å². The Balaban J connectivity index is 1.88. The maximum Gasteiger partial charge on any atom is 0.258 e. The molecule has 0 unspecified atom stereocenters. The summed E-state index contributed by atoms with van der Waals surface area (Å²) < 4.78 is 13.5. The highest BCUT2D eigenvalue weighted by Crippen LogP contribution is 2.34. The summed E-state index contributed by atoms with van der Waals surface area (Å²) in [6.07, 6.45) is 3.94. The number of nitrogens with zero attached hydrogens (tertiary/aromatic N) is 1. The van der Waals surface area contributed by atoms with Crippen LogP contribution in [0.15, 0.2) is 53.5 Å². The SMILES string of the molecule is Cn1cc(-c2cc([SiH3])ccc2OC2CCOCC2)c2ccccc2c1=O. The van der Waals surface area contributed by atoms with Crippen molar-refractivity contribution < 1.29 is 9.47 Å². The standard InChI is InChI=1S/C21H23NO3Si/c1-22-13-19(16-4-2-3-5-17(16)21(22)23)18-12-15(26)6-7-20(18)25-14-8-10-24-11-9-14/h2-7,12-14H,8-11H2,1,26H3. The first kappa shape index (κ1) is 17.1. The Kier molecular flexibility index (Phi) is 4.65. The fourth-order valence-electron chi connectivity index (χ4n) is 3.56. The number of hydrogen-bond donors (Lipinski definition) is 0. The number of rotatable bonds is 3. The summed E-state index contributed by atoms with van der Waals surface area (Å²) >= 11 is 0.